The van der Waals surface area contributed by atoms with Crippen LogP contribution in [0.2, 0.25) is 0 Å². The van der Waals surface area contributed by atoms with Crippen LogP contribution < -0.4 is 10.6 Å². The molecule has 3 amide bonds. The average Bonchev–Trinajstić information content (AvgIpc) is 3.17. The highest BCUT2D eigenvalue weighted by atomic mass is 16.2. The van der Waals surface area contributed by atoms with E-state index in [1.165, 1.54) is 0 Å². The molecule has 150 valence electrons. The maximum atomic E-state index is 12.4. The molecule has 1 aromatic heterocycles. The molecule has 1 saturated heterocycles. The third-order valence-electron chi connectivity index (χ3n) is 5.28. The Morgan fingerprint density at radius 3 is 2.52 bits per heavy atom. The second kappa shape index (κ2) is 8.77. The van der Waals surface area contributed by atoms with Gasteiger partial charge in [-0.1, -0.05) is 30.3 Å². The molecule has 1 aliphatic rings. The Labute approximate surface area is 169 Å². The molecule has 1 aliphatic heterocycles. The Morgan fingerprint density at radius 1 is 1.00 bits per heavy atom. The van der Waals surface area contributed by atoms with Crippen molar-refractivity contribution in [3.05, 3.63) is 60.9 Å². The topological polar surface area (TPSA) is 79.3 Å². The number of hydrogen-bond donors (Lipinski definition) is 2. The van der Waals surface area contributed by atoms with Crippen LogP contribution >= 0.6 is 0 Å². The average molecular weight is 391 g/mol. The molecule has 2 N–H and O–H groups in total. The predicted octanol–water partition coefficient (Wildman–Crippen LogP) is 3.24. The molecule has 2 aromatic carbocycles. The molecular weight excluding hydrogens is 366 g/mol. The number of fused-ring (bicyclic) bond motifs is 1. The van der Waals surface area contributed by atoms with Gasteiger partial charge in [-0.2, -0.15) is 0 Å². The number of urea groups is 1. The normalized spacial score (nSPS) is 14.7. The number of aryl methyl sites for hydroxylation is 1. The Morgan fingerprint density at radius 2 is 1.72 bits per heavy atom. The number of nitrogens with one attached hydrogen (secondary N) is 2. The van der Waals surface area contributed by atoms with Gasteiger partial charge in [0.05, 0.1) is 17.4 Å². The van der Waals surface area contributed by atoms with E-state index in [9.17, 15) is 9.59 Å². The molecule has 4 rings (SSSR count). The number of para-hydroxylation sites is 3. The number of anilines is 1. The van der Waals surface area contributed by atoms with Gasteiger partial charge in [0.1, 0.15) is 0 Å². The fraction of sp³-hybridized carbons (Fsp3) is 0.318. The number of benzene rings is 2. The molecule has 0 spiro atoms. The Kier molecular flexibility index (Phi) is 5.74. The first kappa shape index (κ1) is 19.0. The van der Waals surface area contributed by atoms with Gasteiger partial charge in [0.2, 0.25) is 5.91 Å². The van der Waals surface area contributed by atoms with Crippen molar-refractivity contribution < 1.29 is 9.59 Å². The van der Waals surface area contributed by atoms with Crippen molar-refractivity contribution in [3.8, 4) is 0 Å². The third-order valence-corrected chi connectivity index (χ3v) is 5.28. The summed E-state index contributed by atoms with van der Waals surface area (Å²) >= 11 is 0. The van der Waals surface area contributed by atoms with Crippen LogP contribution in [0.25, 0.3) is 11.0 Å². The minimum Gasteiger partial charge on any atom is -0.353 e. The number of piperidine rings is 1. The number of rotatable bonds is 5. The molecule has 0 atom stereocenters. The summed E-state index contributed by atoms with van der Waals surface area (Å²) in [6.45, 7) is 1.87. The largest absolute Gasteiger partial charge is 0.353 e. The fourth-order valence-electron chi connectivity index (χ4n) is 3.66. The molecule has 1 fully saturated rings. The van der Waals surface area contributed by atoms with Gasteiger partial charge in [-0.25, -0.2) is 9.78 Å². The van der Waals surface area contributed by atoms with Crippen molar-refractivity contribution >= 4 is 28.7 Å². The number of likely N-dealkylation sites (tertiary alicyclic amines) is 1. The summed E-state index contributed by atoms with van der Waals surface area (Å²) in [4.78, 5) is 30.9. The van der Waals surface area contributed by atoms with Gasteiger partial charge in [-0.3, -0.25) is 4.79 Å². The van der Waals surface area contributed by atoms with Crippen molar-refractivity contribution in [2.24, 2.45) is 0 Å². The van der Waals surface area contributed by atoms with Gasteiger partial charge in [0, 0.05) is 37.8 Å². The van der Waals surface area contributed by atoms with Gasteiger partial charge in [-0.15, -0.1) is 0 Å². The Balaban J connectivity index is 1.21. The van der Waals surface area contributed by atoms with Crippen LogP contribution in [-0.4, -0.2) is 45.5 Å². The van der Waals surface area contributed by atoms with Gasteiger partial charge >= 0.3 is 6.03 Å². The molecule has 7 heteroatoms. The number of carbonyl (C=O) groups excluding carboxylic acids is 2. The zero-order valence-corrected chi connectivity index (χ0v) is 16.3. The Hall–Kier alpha value is -3.35. The van der Waals surface area contributed by atoms with Crippen LogP contribution in [0.3, 0.4) is 0 Å². The maximum Gasteiger partial charge on any atom is 0.321 e. The van der Waals surface area contributed by atoms with Crippen molar-refractivity contribution in [1.29, 1.82) is 0 Å². The lowest BCUT2D eigenvalue weighted by molar-refractivity contribution is -0.122. The SMILES string of the molecule is O=C(CCn1cnc2ccccc21)NC1CCN(C(=O)Nc2ccccc2)CC1. The summed E-state index contributed by atoms with van der Waals surface area (Å²) in [5, 5.41) is 6.02. The summed E-state index contributed by atoms with van der Waals surface area (Å²) in [5.74, 6) is 0.0370. The first-order valence-corrected chi connectivity index (χ1v) is 9.99. The fourth-order valence-corrected chi connectivity index (χ4v) is 3.66. The van der Waals surface area contributed by atoms with Crippen LogP contribution in [0, 0.1) is 0 Å². The number of aromatic nitrogens is 2. The van der Waals surface area contributed by atoms with E-state index in [0.717, 1.165) is 29.6 Å². The quantitative estimate of drug-likeness (QED) is 0.701. The molecule has 0 unspecified atom stereocenters. The molecule has 0 bridgehead atoms. The Bertz CT molecular complexity index is 977. The predicted molar refractivity (Wildman–Crippen MR) is 113 cm³/mol. The number of imidazole rings is 1. The summed E-state index contributed by atoms with van der Waals surface area (Å²) < 4.78 is 2.01. The highest BCUT2D eigenvalue weighted by molar-refractivity contribution is 5.89. The van der Waals surface area contributed by atoms with Crippen molar-refractivity contribution in [2.75, 3.05) is 18.4 Å². The summed E-state index contributed by atoms with van der Waals surface area (Å²) in [7, 11) is 0. The molecule has 3 aromatic rings. The zero-order chi connectivity index (χ0) is 20.1. The van der Waals surface area contributed by atoms with Crippen molar-refractivity contribution in [2.45, 2.75) is 31.8 Å². The van der Waals surface area contributed by atoms with Crippen molar-refractivity contribution in [3.63, 3.8) is 0 Å². The lowest BCUT2D eigenvalue weighted by Crippen LogP contribution is -2.47. The molecule has 2 heterocycles. The van der Waals surface area contributed by atoms with Gasteiger partial charge in [0.15, 0.2) is 0 Å². The molecule has 0 radical (unpaired) electrons. The number of carbonyl (C=O) groups is 2. The zero-order valence-electron chi connectivity index (χ0n) is 16.3. The summed E-state index contributed by atoms with van der Waals surface area (Å²) in [6, 6.07) is 17.4. The summed E-state index contributed by atoms with van der Waals surface area (Å²) in [5.41, 5.74) is 2.77. The van der Waals surface area contributed by atoms with Crippen LogP contribution in [-0.2, 0) is 11.3 Å². The van der Waals surface area contributed by atoms with Crippen LogP contribution in [0.15, 0.2) is 60.9 Å². The first-order valence-electron chi connectivity index (χ1n) is 9.99. The lowest BCUT2D eigenvalue weighted by Gasteiger charge is -2.32. The number of amides is 3. The van der Waals surface area contributed by atoms with E-state index in [1.54, 1.807) is 11.2 Å². The standard InChI is InChI=1S/C22H25N5O2/c28-21(12-15-27-16-23-19-8-4-5-9-20(19)27)24-18-10-13-26(14-11-18)22(29)25-17-6-2-1-3-7-17/h1-9,16,18H,10-15H2,(H,24,28)(H,25,29). The van der Waals surface area contributed by atoms with Crippen molar-refractivity contribution in [1.82, 2.24) is 19.8 Å². The van der Waals surface area contributed by atoms with E-state index in [4.69, 9.17) is 0 Å². The van der Waals surface area contributed by atoms with E-state index >= 15 is 0 Å². The highest BCUT2D eigenvalue weighted by Gasteiger charge is 2.23. The minimum atomic E-state index is -0.0898. The first-order chi connectivity index (χ1) is 14.2. The van der Waals surface area contributed by atoms with E-state index in [2.05, 4.69) is 15.6 Å². The van der Waals surface area contributed by atoms with E-state index in [1.807, 2.05) is 59.2 Å². The van der Waals surface area contributed by atoms with Crippen LogP contribution in [0.1, 0.15) is 19.3 Å². The van der Waals surface area contributed by atoms with Gasteiger partial charge in [-0.05, 0) is 37.1 Å². The smallest absolute Gasteiger partial charge is 0.321 e. The maximum absolute atomic E-state index is 12.4. The minimum absolute atomic E-state index is 0.0370. The van der Waals surface area contributed by atoms with E-state index < -0.39 is 0 Å². The molecule has 0 aliphatic carbocycles. The third kappa shape index (κ3) is 4.74. The van der Waals surface area contributed by atoms with E-state index in [0.29, 0.717) is 26.1 Å². The molecule has 7 nitrogen and oxygen atoms in total. The molecular formula is C22H25N5O2. The highest BCUT2D eigenvalue weighted by Crippen LogP contribution is 2.15. The van der Waals surface area contributed by atoms with Crippen LogP contribution in [0.4, 0.5) is 10.5 Å². The monoisotopic (exact) mass is 391 g/mol. The molecule has 0 saturated carbocycles. The second-order valence-electron chi connectivity index (χ2n) is 7.30. The van der Waals surface area contributed by atoms with Crippen LogP contribution in [0.5, 0.6) is 0 Å². The number of hydrogen-bond acceptors (Lipinski definition) is 3. The summed E-state index contributed by atoms with van der Waals surface area (Å²) in [6.07, 6.45) is 3.72. The van der Waals surface area contributed by atoms with Gasteiger partial charge < -0.3 is 20.1 Å². The second-order valence-corrected chi connectivity index (χ2v) is 7.30. The van der Waals surface area contributed by atoms with Gasteiger partial charge in [0.25, 0.3) is 0 Å². The molecule has 29 heavy (non-hydrogen) atoms. The van der Waals surface area contributed by atoms with E-state index in [-0.39, 0.29) is 18.0 Å². The number of nitrogens with zero attached hydrogens (tertiary/aromatic N) is 3. The lowest BCUT2D eigenvalue weighted by atomic mass is 10.1.